The molecule has 1 saturated heterocycles. The van der Waals surface area contributed by atoms with Gasteiger partial charge in [0.2, 0.25) is 0 Å². The van der Waals surface area contributed by atoms with Gasteiger partial charge in [0.1, 0.15) is 0 Å². The first-order valence-corrected chi connectivity index (χ1v) is 6.47. The minimum atomic E-state index is -0.371. The summed E-state index contributed by atoms with van der Waals surface area (Å²) in [6.45, 7) is 2.36. The summed E-state index contributed by atoms with van der Waals surface area (Å²) in [7, 11) is 0. The summed E-state index contributed by atoms with van der Waals surface area (Å²) in [6, 6.07) is 6.69. The number of hydrogen-bond donors (Lipinski definition) is 1. The Kier molecular flexibility index (Phi) is 4.65. The van der Waals surface area contributed by atoms with Crippen molar-refractivity contribution in [1.29, 1.82) is 0 Å². The van der Waals surface area contributed by atoms with E-state index in [1.165, 1.54) is 6.07 Å². The van der Waals surface area contributed by atoms with Crippen LogP contribution in [0.1, 0.15) is 18.4 Å². The maximum atomic E-state index is 10.9. The maximum Gasteiger partial charge on any atom is 0.276 e. The van der Waals surface area contributed by atoms with Gasteiger partial charge in [-0.25, -0.2) is 0 Å². The van der Waals surface area contributed by atoms with E-state index in [4.69, 9.17) is 0 Å². The smallest absolute Gasteiger partial charge is 0.276 e. The summed E-state index contributed by atoms with van der Waals surface area (Å²) in [5.41, 5.74) is 0.738. The average molecular weight is 262 g/mol. The molecule has 0 bridgehead atoms. The second-order valence-electron chi connectivity index (χ2n) is 4.77. The van der Waals surface area contributed by atoms with Crippen LogP contribution in [0.5, 0.6) is 0 Å². The van der Waals surface area contributed by atoms with Gasteiger partial charge in [0.05, 0.1) is 16.6 Å². The number of benzene rings is 1. The number of aliphatic hydroxyl groups is 1. The van der Waals surface area contributed by atoms with E-state index < -0.39 is 0 Å². The maximum absolute atomic E-state index is 10.9. The predicted octanol–water partition coefficient (Wildman–Crippen LogP) is 2.06. The van der Waals surface area contributed by atoms with Gasteiger partial charge in [-0.1, -0.05) is 24.3 Å². The van der Waals surface area contributed by atoms with Crippen molar-refractivity contribution in [2.75, 3.05) is 19.6 Å². The van der Waals surface area contributed by atoms with Gasteiger partial charge in [-0.05, 0) is 25.5 Å². The summed E-state index contributed by atoms with van der Waals surface area (Å²) >= 11 is 0. The number of nitrogens with zero attached hydrogens (tertiary/aromatic N) is 2. The number of rotatable bonds is 4. The van der Waals surface area contributed by atoms with Crippen LogP contribution in [-0.2, 0) is 0 Å². The molecule has 0 amide bonds. The lowest BCUT2D eigenvalue weighted by Gasteiger charge is -2.28. The second kappa shape index (κ2) is 6.45. The zero-order valence-corrected chi connectivity index (χ0v) is 10.7. The first-order chi connectivity index (χ1) is 9.16. The number of nitro benzene ring substituents is 1. The van der Waals surface area contributed by atoms with Crippen LogP contribution >= 0.6 is 0 Å². The molecule has 102 valence electrons. The summed E-state index contributed by atoms with van der Waals surface area (Å²) in [5.74, 6) is 0. The van der Waals surface area contributed by atoms with Crippen LogP contribution in [0.3, 0.4) is 0 Å². The van der Waals surface area contributed by atoms with Crippen molar-refractivity contribution in [1.82, 2.24) is 4.90 Å². The molecule has 0 spiro atoms. The number of nitro groups is 1. The van der Waals surface area contributed by atoms with Crippen LogP contribution in [-0.4, -0.2) is 40.7 Å². The monoisotopic (exact) mass is 262 g/mol. The molecule has 5 heteroatoms. The molecule has 1 aromatic rings. The van der Waals surface area contributed by atoms with Gasteiger partial charge in [0, 0.05) is 19.2 Å². The molecule has 5 nitrogen and oxygen atoms in total. The number of aliphatic hydroxyl groups excluding tert-OH is 1. The number of piperidine rings is 1. The summed E-state index contributed by atoms with van der Waals surface area (Å²) in [4.78, 5) is 12.6. The van der Waals surface area contributed by atoms with E-state index >= 15 is 0 Å². The molecule has 1 N–H and O–H groups in total. The molecule has 1 aliphatic rings. The highest BCUT2D eigenvalue weighted by atomic mass is 16.6. The van der Waals surface area contributed by atoms with Crippen molar-refractivity contribution in [3.8, 4) is 0 Å². The van der Waals surface area contributed by atoms with Crippen molar-refractivity contribution in [3.63, 3.8) is 0 Å². The zero-order chi connectivity index (χ0) is 13.7. The third kappa shape index (κ3) is 3.87. The molecule has 19 heavy (non-hydrogen) atoms. The van der Waals surface area contributed by atoms with E-state index in [0.29, 0.717) is 18.7 Å². The predicted molar refractivity (Wildman–Crippen MR) is 73.8 cm³/mol. The van der Waals surface area contributed by atoms with Crippen LogP contribution < -0.4 is 0 Å². The second-order valence-corrected chi connectivity index (χ2v) is 4.77. The standard InChI is InChI=1S/C14H18N2O3/c17-13-7-4-10-15(11-13)9-3-6-12-5-1-2-8-14(12)16(18)19/h1-3,5-6,8,13,17H,4,7,9-11H2. The van der Waals surface area contributed by atoms with Crippen LogP contribution in [0.2, 0.25) is 0 Å². The molecule has 1 unspecified atom stereocenters. The van der Waals surface area contributed by atoms with Crippen molar-refractivity contribution in [2.45, 2.75) is 18.9 Å². The highest BCUT2D eigenvalue weighted by Gasteiger charge is 2.16. The van der Waals surface area contributed by atoms with Gasteiger partial charge in [-0.2, -0.15) is 0 Å². The molecule has 0 aromatic heterocycles. The molecular weight excluding hydrogens is 244 g/mol. The van der Waals surface area contributed by atoms with Crippen molar-refractivity contribution in [2.24, 2.45) is 0 Å². The van der Waals surface area contributed by atoms with Gasteiger partial charge in [0.25, 0.3) is 5.69 Å². The first-order valence-electron chi connectivity index (χ1n) is 6.47. The van der Waals surface area contributed by atoms with Gasteiger partial charge in [-0.15, -0.1) is 0 Å². The fraction of sp³-hybridized carbons (Fsp3) is 0.429. The minimum absolute atomic E-state index is 0.123. The third-order valence-corrected chi connectivity index (χ3v) is 3.28. The molecule has 1 heterocycles. The van der Waals surface area contributed by atoms with Gasteiger partial charge >= 0.3 is 0 Å². The van der Waals surface area contributed by atoms with Crippen LogP contribution in [0.4, 0.5) is 5.69 Å². The van der Waals surface area contributed by atoms with E-state index in [2.05, 4.69) is 4.90 Å². The van der Waals surface area contributed by atoms with E-state index in [-0.39, 0.29) is 16.7 Å². The van der Waals surface area contributed by atoms with Gasteiger partial charge in [-0.3, -0.25) is 15.0 Å². The highest BCUT2D eigenvalue weighted by molar-refractivity contribution is 5.60. The SMILES string of the molecule is O=[N+]([O-])c1ccccc1C=CCN1CCCC(O)C1. The Bertz CT molecular complexity index is 474. The van der Waals surface area contributed by atoms with E-state index in [9.17, 15) is 15.2 Å². The van der Waals surface area contributed by atoms with Crippen LogP contribution in [0, 0.1) is 10.1 Å². The normalized spacial score (nSPS) is 20.8. The Morgan fingerprint density at radius 2 is 2.26 bits per heavy atom. The zero-order valence-electron chi connectivity index (χ0n) is 10.7. The first kappa shape index (κ1) is 13.7. The summed E-state index contributed by atoms with van der Waals surface area (Å²) in [6.07, 6.45) is 5.32. The van der Waals surface area contributed by atoms with E-state index in [0.717, 1.165) is 19.4 Å². The topological polar surface area (TPSA) is 66.6 Å². The number of β-amino-alcohol motifs (C(OH)–C–C–N with tert-alkyl or cyclic N) is 1. The lowest BCUT2D eigenvalue weighted by Crippen LogP contribution is -2.38. The van der Waals surface area contributed by atoms with Gasteiger partial charge < -0.3 is 5.11 Å². The molecular formula is C14H18N2O3. The molecule has 1 atom stereocenters. The molecule has 0 aliphatic carbocycles. The quantitative estimate of drug-likeness (QED) is 0.666. The number of likely N-dealkylation sites (tertiary alicyclic amines) is 1. The fourth-order valence-electron chi connectivity index (χ4n) is 2.32. The number of para-hydroxylation sites is 1. The number of hydrogen-bond acceptors (Lipinski definition) is 4. The fourth-order valence-corrected chi connectivity index (χ4v) is 2.32. The Labute approximate surface area is 112 Å². The lowest BCUT2D eigenvalue weighted by molar-refractivity contribution is -0.385. The third-order valence-electron chi connectivity index (χ3n) is 3.28. The van der Waals surface area contributed by atoms with Crippen molar-refractivity contribution < 1.29 is 10.0 Å². The van der Waals surface area contributed by atoms with E-state index in [1.54, 1.807) is 24.3 Å². The molecule has 1 aliphatic heterocycles. The van der Waals surface area contributed by atoms with E-state index in [1.807, 2.05) is 6.08 Å². The Balaban J connectivity index is 1.97. The summed E-state index contributed by atoms with van der Waals surface area (Å²) in [5, 5.41) is 20.4. The Hall–Kier alpha value is -1.72. The Morgan fingerprint density at radius 1 is 1.47 bits per heavy atom. The average Bonchev–Trinajstić information content (AvgIpc) is 2.39. The molecule has 2 rings (SSSR count). The molecule has 1 fully saturated rings. The largest absolute Gasteiger partial charge is 0.392 e. The minimum Gasteiger partial charge on any atom is -0.392 e. The molecule has 0 radical (unpaired) electrons. The van der Waals surface area contributed by atoms with Crippen molar-refractivity contribution in [3.05, 3.63) is 46.0 Å². The van der Waals surface area contributed by atoms with Crippen LogP contribution in [0.25, 0.3) is 6.08 Å². The van der Waals surface area contributed by atoms with Crippen molar-refractivity contribution >= 4 is 11.8 Å². The van der Waals surface area contributed by atoms with Gasteiger partial charge in [0.15, 0.2) is 0 Å². The Morgan fingerprint density at radius 3 is 3.00 bits per heavy atom. The highest BCUT2D eigenvalue weighted by Crippen LogP contribution is 2.19. The lowest BCUT2D eigenvalue weighted by atomic mass is 10.1. The summed E-state index contributed by atoms with van der Waals surface area (Å²) < 4.78 is 0. The molecule has 1 aromatic carbocycles. The molecule has 0 saturated carbocycles. The van der Waals surface area contributed by atoms with Crippen LogP contribution in [0.15, 0.2) is 30.3 Å².